The molecule has 0 aliphatic carbocycles. The largest absolute Gasteiger partial charge is 0.350 e. The summed E-state index contributed by atoms with van der Waals surface area (Å²) in [7, 11) is 0. The molecule has 1 amide bonds. The molecule has 1 heterocycles. The van der Waals surface area contributed by atoms with Crippen LogP contribution in [0.25, 0.3) is 0 Å². The Balaban J connectivity index is 2.66. The molecule has 1 aromatic rings. The molecular formula is C11H10Cl2N4O. The van der Waals surface area contributed by atoms with E-state index in [0.29, 0.717) is 17.4 Å². The van der Waals surface area contributed by atoms with Crippen LogP contribution in [0, 0.1) is 11.3 Å². The van der Waals surface area contributed by atoms with Crippen LogP contribution in [0.4, 0.5) is 5.82 Å². The lowest BCUT2D eigenvalue weighted by Gasteiger charge is -2.02. The Morgan fingerprint density at radius 3 is 2.89 bits per heavy atom. The number of nitrogens with one attached hydrogen (secondary N) is 2. The third-order valence-corrected chi connectivity index (χ3v) is 2.25. The molecule has 1 rings (SSSR count). The zero-order valence-corrected chi connectivity index (χ0v) is 10.8. The van der Waals surface area contributed by atoms with Gasteiger partial charge in [-0.05, 0) is 12.1 Å². The lowest BCUT2D eigenvalue weighted by Crippen LogP contribution is -2.26. The highest BCUT2D eigenvalue weighted by molar-refractivity contribution is 6.30. The van der Waals surface area contributed by atoms with Crippen molar-refractivity contribution >= 4 is 34.9 Å². The van der Waals surface area contributed by atoms with E-state index in [9.17, 15) is 4.79 Å². The minimum absolute atomic E-state index is 0.0585. The predicted octanol–water partition coefficient (Wildman–Crippen LogP) is 1.91. The quantitative estimate of drug-likeness (QED) is 0.492. The summed E-state index contributed by atoms with van der Waals surface area (Å²) in [4.78, 5) is 15.4. The number of nitriles is 1. The van der Waals surface area contributed by atoms with Gasteiger partial charge in [0.2, 0.25) is 0 Å². The molecule has 0 aliphatic heterocycles. The standard InChI is InChI=1S/C11H10Cl2N4O/c12-3-4-15-11(18)8(5-14)6-16-10-2-1-9(13)7-17-10/h1-2,6-7H,3-4H2,(H,15,18)(H,16,17)/b8-6-. The molecule has 7 heteroatoms. The predicted molar refractivity (Wildman–Crippen MR) is 70.3 cm³/mol. The molecule has 18 heavy (non-hydrogen) atoms. The summed E-state index contributed by atoms with van der Waals surface area (Å²) >= 11 is 11.1. The second-order valence-corrected chi connectivity index (χ2v) is 3.94. The van der Waals surface area contributed by atoms with E-state index in [1.165, 1.54) is 12.4 Å². The highest BCUT2D eigenvalue weighted by Crippen LogP contribution is 2.09. The Morgan fingerprint density at radius 2 is 2.33 bits per heavy atom. The van der Waals surface area contributed by atoms with Gasteiger partial charge in [0.1, 0.15) is 17.5 Å². The maximum absolute atomic E-state index is 11.5. The van der Waals surface area contributed by atoms with Crippen molar-refractivity contribution in [1.82, 2.24) is 10.3 Å². The first kappa shape index (κ1) is 14.3. The number of alkyl halides is 1. The fourth-order valence-corrected chi connectivity index (χ4v) is 1.22. The number of aromatic nitrogens is 1. The number of carbonyl (C=O) groups excluding carboxylic acids is 1. The van der Waals surface area contributed by atoms with Gasteiger partial charge in [-0.1, -0.05) is 11.6 Å². The van der Waals surface area contributed by atoms with Crippen molar-refractivity contribution in [2.45, 2.75) is 0 Å². The first-order chi connectivity index (χ1) is 8.67. The van der Waals surface area contributed by atoms with Crippen LogP contribution in [-0.4, -0.2) is 23.3 Å². The molecule has 0 bridgehead atoms. The van der Waals surface area contributed by atoms with Gasteiger partial charge in [-0.2, -0.15) is 5.26 Å². The summed E-state index contributed by atoms with van der Waals surface area (Å²) in [5.74, 6) is 0.285. The van der Waals surface area contributed by atoms with Crippen LogP contribution in [0.15, 0.2) is 30.1 Å². The van der Waals surface area contributed by atoms with Crippen LogP contribution >= 0.6 is 23.2 Å². The Morgan fingerprint density at radius 1 is 1.56 bits per heavy atom. The highest BCUT2D eigenvalue weighted by Gasteiger charge is 2.07. The molecule has 0 spiro atoms. The van der Waals surface area contributed by atoms with Gasteiger partial charge in [-0.15, -0.1) is 11.6 Å². The maximum atomic E-state index is 11.5. The first-order valence-corrected chi connectivity index (χ1v) is 5.91. The summed E-state index contributed by atoms with van der Waals surface area (Å²) in [6, 6.07) is 5.05. The van der Waals surface area contributed by atoms with Crippen molar-refractivity contribution in [2.75, 3.05) is 17.7 Å². The van der Waals surface area contributed by atoms with Gasteiger partial charge >= 0.3 is 0 Å². The monoisotopic (exact) mass is 284 g/mol. The molecule has 94 valence electrons. The molecule has 5 nitrogen and oxygen atoms in total. The van der Waals surface area contributed by atoms with E-state index in [-0.39, 0.29) is 11.5 Å². The number of anilines is 1. The van der Waals surface area contributed by atoms with E-state index < -0.39 is 5.91 Å². The average Bonchev–Trinajstić information content (AvgIpc) is 2.39. The van der Waals surface area contributed by atoms with Crippen LogP contribution < -0.4 is 10.6 Å². The number of halogens is 2. The molecule has 0 radical (unpaired) electrons. The van der Waals surface area contributed by atoms with Gasteiger partial charge in [-0.3, -0.25) is 4.79 Å². The third-order valence-electron chi connectivity index (χ3n) is 1.84. The van der Waals surface area contributed by atoms with Crippen molar-refractivity contribution in [3.8, 4) is 6.07 Å². The summed E-state index contributed by atoms with van der Waals surface area (Å²) in [6.45, 7) is 0.304. The van der Waals surface area contributed by atoms with Crippen molar-refractivity contribution in [1.29, 1.82) is 5.26 Å². The Hall–Kier alpha value is -1.77. The summed E-state index contributed by atoms with van der Waals surface area (Å²) in [5.41, 5.74) is -0.0585. The number of nitrogens with zero attached hydrogens (tertiary/aromatic N) is 2. The molecular weight excluding hydrogens is 275 g/mol. The van der Waals surface area contributed by atoms with Crippen molar-refractivity contribution < 1.29 is 4.79 Å². The topological polar surface area (TPSA) is 77.8 Å². The van der Waals surface area contributed by atoms with Gasteiger partial charge in [0.05, 0.1) is 5.02 Å². The number of rotatable bonds is 5. The molecule has 0 unspecified atom stereocenters. The van der Waals surface area contributed by atoms with E-state index in [1.807, 2.05) is 0 Å². The molecule has 0 atom stereocenters. The number of pyridine rings is 1. The maximum Gasteiger partial charge on any atom is 0.263 e. The minimum Gasteiger partial charge on any atom is -0.350 e. The van der Waals surface area contributed by atoms with Crippen LogP contribution in [0.3, 0.4) is 0 Å². The van der Waals surface area contributed by atoms with Crippen molar-refractivity contribution in [2.24, 2.45) is 0 Å². The van der Waals surface area contributed by atoms with E-state index in [0.717, 1.165) is 0 Å². The fraction of sp³-hybridized carbons (Fsp3) is 0.182. The van der Waals surface area contributed by atoms with Crippen LogP contribution in [0.1, 0.15) is 0 Å². The Kier molecular flexibility index (Phi) is 5.98. The number of hydrogen-bond acceptors (Lipinski definition) is 4. The lowest BCUT2D eigenvalue weighted by atomic mass is 10.3. The summed E-state index contributed by atoms with van der Waals surface area (Å²) in [5, 5.41) is 14.5. The molecule has 0 aliphatic rings. The lowest BCUT2D eigenvalue weighted by molar-refractivity contribution is -0.117. The van der Waals surface area contributed by atoms with E-state index in [2.05, 4.69) is 15.6 Å². The molecule has 2 N–H and O–H groups in total. The molecule has 0 saturated carbocycles. The molecule has 0 aromatic carbocycles. The fourth-order valence-electron chi connectivity index (χ4n) is 1.01. The number of amides is 1. The minimum atomic E-state index is -0.486. The van der Waals surface area contributed by atoms with Crippen LogP contribution in [-0.2, 0) is 4.79 Å². The first-order valence-electron chi connectivity index (χ1n) is 5.00. The summed E-state index contributed by atoms with van der Waals surface area (Å²) in [6.07, 6.45) is 2.73. The molecule has 0 saturated heterocycles. The smallest absolute Gasteiger partial charge is 0.263 e. The second kappa shape index (κ2) is 7.54. The van der Waals surface area contributed by atoms with E-state index >= 15 is 0 Å². The SMILES string of the molecule is N#C/C(=C/Nc1ccc(Cl)cn1)C(=O)NCCCl. The zero-order valence-electron chi connectivity index (χ0n) is 9.28. The van der Waals surface area contributed by atoms with E-state index in [4.69, 9.17) is 28.5 Å². The van der Waals surface area contributed by atoms with Gasteiger partial charge < -0.3 is 10.6 Å². The number of carbonyl (C=O) groups is 1. The van der Waals surface area contributed by atoms with E-state index in [1.54, 1.807) is 18.2 Å². The summed E-state index contributed by atoms with van der Waals surface area (Å²) < 4.78 is 0. The van der Waals surface area contributed by atoms with Crippen LogP contribution in [0.2, 0.25) is 5.02 Å². The van der Waals surface area contributed by atoms with Crippen molar-refractivity contribution in [3.05, 3.63) is 35.1 Å². The van der Waals surface area contributed by atoms with Gasteiger partial charge in [0.15, 0.2) is 0 Å². The van der Waals surface area contributed by atoms with Crippen LogP contribution in [0.5, 0.6) is 0 Å². The normalized spacial score (nSPS) is 10.6. The third kappa shape index (κ3) is 4.62. The Labute approximate surface area is 114 Å². The van der Waals surface area contributed by atoms with Gasteiger partial charge in [0, 0.05) is 24.8 Å². The zero-order chi connectivity index (χ0) is 13.4. The molecule has 1 aromatic heterocycles. The average molecular weight is 285 g/mol. The van der Waals surface area contributed by atoms with Gasteiger partial charge in [-0.25, -0.2) is 4.98 Å². The Bertz CT molecular complexity index is 479. The van der Waals surface area contributed by atoms with Crippen molar-refractivity contribution in [3.63, 3.8) is 0 Å². The molecule has 0 fully saturated rings. The van der Waals surface area contributed by atoms with Gasteiger partial charge in [0.25, 0.3) is 5.91 Å². The number of hydrogen-bond donors (Lipinski definition) is 2. The highest BCUT2D eigenvalue weighted by atomic mass is 35.5. The second-order valence-electron chi connectivity index (χ2n) is 3.12.